The van der Waals surface area contributed by atoms with E-state index in [2.05, 4.69) is 9.32 Å². The molecule has 0 aliphatic rings. The quantitative estimate of drug-likeness (QED) is 0.831. The zero-order valence-corrected chi connectivity index (χ0v) is 8.78. The van der Waals surface area contributed by atoms with Crippen molar-refractivity contribution in [1.29, 1.82) is 0 Å². The van der Waals surface area contributed by atoms with Crippen molar-refractivity contribution >= 4 is 21.9 Å². The van der Waals surface area contributed by atoms with E-state index in [4.69, 9.17) is 11.6 Å². The zero-order chi connectivity index (χ0) is 11.6. The summed E-state index contributed by atoms with van der Waals surface area (Å²) >= 11 is 5.40. The van der Waals surface area contributed by atoms with Gasteiger partial charge in [0.25, 0.3) is 0 Å². The molecule has 8 heteroatoms. The lowest BCUT2D eigenvalue weighted by molar-refractivity contribution is 0.302. The molecular formula is C7H6ClF2NO3S. The van der Waals surface area contributed by atoms with Crippen LogP contribution in [0.4, 0.5) is 8.78 Å². The summed E-state index contributed by atoms with van der Waals surface area (Å²) in [7, 11) is -4.22. The average Bonchev–Trinajstić information content (AvgIpc) is 2.10. The van der Waals surface area contributed by atoms with Gasteiger partial charge in [0, 0.05) is 5.56 Å². The van der Waals surface area contributed by atoms with Gasteiger partial charge in [0.15, 0.2) is 0 Å². The fourth-order valence-electron chi connectivity index (χ4n) is 0.842. The van der Waals surface area contributed by atoms with E-state index in [-0.39, 0.29) is 0 Å². The molecule has 2 N–H and O–H groups in total. The minimum Gasteiger partial charge on any atom is -0.253 e. The van der Waals surface area contributed by atoms with Crippen LogP contribution in [0.15, 0.2) is 12.1 Å². The third-order valence-electron chi connectivity index (χ3n) is 1.51. The summed E-state index contributed by atoms with van der Waals surface area (Å²) in [5, 5.41) is 3.98. The van der Waals surface area contributed by atoms with Gasteiger partial charge in [0.05, 0.1) is 11.6 Å². The van der Waals surface area contributed by atoms with Crippen LogP contribution in [0.5, 0.6) is 0 Å². The smallest absolute Gasteiger partial charge is 0.253 e. The number of nitrogens with two attached hydrogens (primary N) is 1. The van der Waals surface area contributed by atoms with Gasteiger partial charge < -0.3 is 0 Å². The third kappa shape index (κ3) is 3.38. The molecule has 1 aromatic rings. The molecule has 15 heavy (non-hydrogen) atoms. The molecular weight excluding hydrogens is 252 g/mol. The summed E-state index contributed by atoms with van der Waals surface area (Å²) in [6, 6.07) is 1.63. The average molecular weight is 258 g/mol. The van der Waals surface area contributed by atoms with Gasteiger partial charge in [0.1, 0.15) is 11.6 Å². The number of rotatable bonds is 3. The van der Waals surface area contributed by atoms with Gasteiger partial charge in [0.2, 0.25) is 0 Å². The minimum absolute atomic E-state index is 0.398. The Kier molecular flexibility index (Phi) is 3.61. The molecule has 0 radical (unpaired) electrons. The van der Waals surface area contributed by atoms with E-state index in [0.29, 0.717) is 0 Å². The molecule has 0 atom stereocenters. The predicted molar refractivity (Wildman–Crippen MR) is 49.3 cm³/mol. The first-order valence-electron chi connectivity index (χ1n) is 3.61. The maximum Gasteiger partial charge on any atom is 0.333 e. The summed E-state index contributed by atoms with van der Waals surface area (Å²) in [5.74, 6) is -1.74. The van der Waals surface area contributed by atoms with Gasteiger partial charge in [-0.15, -0.1) is 0 Å². The number of hydrogen-bond acceptors (Lipinski definition) is 3. The lowest BCUT2D eigenvalue weighted by Gasteiger charge is -2.05. The molecule has 0 saturated heterocycles. The standard InChI is InChI=1S/C7H6ClF2NO3S/c8-7-4(3-14-15(11,12)13)5(9)1-2-6(7)10/h1-2H,3H2,(H2,11,12,13). The highest BCUT2D eigenvalue weighted by Gasteiger charge is 2.14. The van der Waals surface area contributed by atoms with Gasteiger partial charge in [-0.2, -0.15) is 8.42 Å². The predicted octanol–water partition coefficient (Wildman–Crippen LogP) is 1.34. The number of benzene rings is 1. The Morgan fingerprint density at radius 2 is 1.87 bits per heavy atom. The highest BCUT2D eigenvalue weighted by molar-refractivity contribution is 7.84. The van der Waals surface area contributed by atoms with Crippen LogP contribution >= 0.6 is 11.6 Å². The summed E-state index contributed by atoms with van der Waals surface area (Å²) < 4.78 is 50.8. The Morgan fingerprint density at radius 3 is 2.40 bits per heavy atom. The Balaban J connectivity index is 2.99. The van der Waals surface area contributed by atoms with Crippen LogP contribution in [0, 0.1) is 11.6 Å². The van der Waals surface area contributed by atoms with Crippen molar-refractivity contribution in [1.82, 2.24) is 0 Å². The van der Waals surface area contributed by atoms with Crippen molar-refractivity contribution in [3.05, 3.63) is 34.4 Å². The van der Waals surface area contributed by atoms with Crippen molar-refractivity contribution in [2.45, 2.75) is 6.61 Å². The van der Waals surface area contributed by atoms with E-state index in [9.17, 15) is 17.2 Å². The van der Waals surface area contributed by atoms with Crippen LogP contribution in [-0.4, -0.2) is 8.42 Å². The topological polar surface area (TPSA) is 69.4 Å². The largest absolute Gasteiger partial charge is 0.333 e. The zero-order valence-electron chi connectivity index (χ0n) is 7.21. The van der Waals surface area contributed by atoms with E-state index in [1.54, 1.807) is 0 Å². The normalized spacial score (nSPS) is 11.7. The first-order valence-corrected chi connectivity index (χ1v) is 5.45. The van der Waals surface area contributed by atoms with E-state index < -0.39 is 39.1 Å². The maximum absolute atomic E-state index is 13.0. The molecule has 0 aromatic heterocycles. The molecule has 0 fully saturated rings. The first-order chi connectivity index (χ1) is 6.81. The molecule has 1 rings (SSSR count). The molecule has 0 aliphatic heterocycles. The maximum atomic E-state index is 13.0. The summed E-state index contributed by atoms with van der Waals surface area (Å²) in [4.78, 5) is 0. The summed E-state index contributed by atoms with van der Waals surface area (Å²) in [6.45, 7) is -0.749. The molecule has 0 bridgehead atoms. The van der Waals surface area contributed by atoms with Crippen molar-refractivity contribution in [2.75, 3.05) is 0 Å². The van der Waals surface area contributed by atoms with Crippen molar-refractivity contribution in [3.8, 4) is 0 Å². The Morgan fingerprint density at radius 1 is 1.33 bits per heavy atom. The van der Waals surface area contributed by atoms with Gasteiger partial charge in [-0.05, 0) is 12.1 Å². The number of hydrogen-bond donors (Lipinski definition) is 1. The highest BCUT2D eigenvalue weighted by atomic mass is 35.5. The first kappa shape index (κ1) is 12.3. The lowest BCUT2D eigenvalue weighted by Crippen LogP contribution is -2.16. The van der Waals surface area contributed by atoms with E-state index in [1.165, 1.54) is 0 Å². The fraction of sp³-hybridized carbons (Fsp3) is 0.143. The molecule has 4 nitrogen and oxygen atoms in total. The fourth-order valence-corrected chi connectivity index (χ4v) is 1.33. The second-order valence-corrected chi connectivity index (χ2v) is 4.18. The van der Waals surface area contributed by atoms with Crippen LogP contribution < -0.4 is 5.14 Å². The Bertz CT molecular complexity index is 477. The Hall–Kier alpha value is -0.760. The molecule has 0 amide bonds. The van der Waals surface area contributed by atoms with Crippen LogP contribution in [0.3, 0.4) is 0 Å². The second kappa shape index (κ2) is 4.40. The summed E-state index contributed by atoms with van der Waals surface area (Å²) in [5.41, 5.74) is -0.398. The minimum atomic E-state index is -4.22. The molecule has 0 saturated carbocycles. The lowest BCUT2D eigenvalue weighted by atomic mass is 10.2. The highest BCUT2D eigenvalue weighted by Crippen LogP contribution is 2.23. The molecule has 0 aliphatic carbocycles. The van der Waals surface area contributed by atoms with Crippen LogP contribution in [0.1, 0.15) is 5.56 Å². The molecule has 84 valence electrons. The third-order valence-corrected chi connectivity index (χ3v) is 2.36. The van der Waals surface area contributed by atoms with Crippen LogP contribution in [-0.2, 0) is 21.1 Å². The van der Waals surface area contributed by atoms with E-state index >= 15 is 0 Å². The van der Waals surface area contributed by atoms with Crippen molar-refractivity contribution in [2.24, 2.45) is 5.14 Å². The van der Waals surface area contributed by atoms with Crippen LogP contribution in [0.2, 0.25) is 5.02 Å². The van der Waals surface area contributed by atoms with Crippen LogP contribution in [0.25, 0.3) is 0 Å². The van der Waals surface area contributed by atoms with E-state index in [1.807, 2.05) is 0 Å². The van der Waals surface area contributed by atoms with Gasteiger partial charge in [-0.1, -0.05) is 11.6 Å². The van der Waals surface area contributed by atoms with Crippen molar-refractivity contribution < 1.29 is 21.4 Å². The monoisotopic (exact) mass is 257 g/mol. The van der Waals surface area contributed by atoms with Gasteiger partial charge >= 0.3 is 10.3 Å². The molecule has 0 spiro atoms. The Labute approximate surface area is 89.9 Å². The van der Waals surface area contributed by atoms with Crippen molar-refractivity contribution in [3.63, 3.8) is 0 Å². The molecule has 0 unspecified atom stereocenters. The van der Waals surface area contributed by atoms with Gasteiger partial charge in [-0.25, -0.2) is 13.9 Å². The molecule has 1 aromatic carbocycles. The summed E-state index contributed by atoms with van der Waals surface area (Å²) in [6.07, 6.45) is 0. The van der Waals surface area contributed by atoms with Gasteiger partial charge in [-0.3, -0.25) is 4.18 Å². The molecule has 0 heterocycles. The van der Waals surface area contributed by atoms with E-state index in [0.717, 1.165) is 12.1 Å². The number of halogens is 3. The second-order valence-electron chi connectivity index (χ2n) is 2.58. The SMILES string of the molecule is NS(=O)(=O)OCc1c(F)ccc(F)c1Cl.